The summed E-state index contributed by atoms with van der Waals surface area (Å²) in [7, 11) is 0. The molecule has 0 radical (unpaired) electrons. The fraction of sp³-hybridized carbons (Fsp3) is 0.714. The molecule has 5 heteroatoms. The lowest BCUT2D eigenvalue weighted by Crippen LogP contribution is -2.30. The van der Waals surface area contributed by atoms with Crippen LogP contribution in [0.1, 0.15) is 13.3 Å². The van der Waals surface area contributed by atoms with Crippen LogP contribution in [0.2, 0.25) is 0 Å². The van der Waals surface area contributed by atoms with Crippen LogP contribution >= 0.6 is 12.6 Å². The molecule has 0 fully saturated rings. The molecule has 0 spiro atoms. The van der Waals surface area contributed by atoms with Gasteiger partial charge in [0, 0.05) is 6.42 Å². The van der Waals surface area contributed by atoms with Crippen molar-refractivity contribution in [2.75, 3.05) is 18.9 Å². The van der Waals surface area contributed by atoms with Crippen molar-refractivity contribution in [2.24, 2.45) is 0 Å². The molecule has 0 unspecified atom stereocenters. The van der Waals surface area contributed by atoms with E-state index in [1.54, 1.807) is 6.92 Å². The number of hydrogen-bond acceptors (Lipinski definition) is 4. The number of carbonyl (C=O) groups excluding carboxylic acids is 2. The second kappa shape index (κ2) is 6.97. The summed E-state index contributed by atoms with van der Waals surface area (Å²) in [5, 5.41) is 2.41. The van der Waals surface area contributed by atoms with Gasteiger partial charge in [0.15, 0.2) is 0 Å². The Kier molecular flexibility index (Phi) is 6.55. The third kappa shape index (κ3) is 6.03. The Bertz CT molecular complexity index is 143. The van der Waals surface area contributed by atoms with Crippen molar-refractivity contribution in [3.63, 3.8) is 0 Å². The molecule has 0 aliphatic heterocycles. The first-order valence-electron chi connectivity index (χ1n) is 3.74. The summed E-state index contributed by atoms with van der Waals surface area (Å²) >= 11 is 3.87. The molecule has 0 bridgehead atoms. The van der Waals surface area contributed by atoms with Crippen LogP contribution in [0.5, 0.6) is 0 Å². The van der Waals surface area contributed by atoms with E-state index in [1.807, 2.05) is 0 Å². The highest BCUT2D eigenvalue weighted by Gasteiger charge is 2.03. The van der Waals surface area contributed by atoms with Crippen molar-refractivity contribution in [1.82, 2.24) is 5.32 Å². The minimum absolute atomic E-state index is 0.0551. The largest absolute Gasteiger partial charge is 0.465 e. The predicted octanol–water partition coefficient (Wildman–Crippen LogP) is -0.0144. The summed E-state index contributed by atoms with van der Waals surface area (Å²) < 4.78 is 4.60. The SMILES string of the molecule is CCOC(=O)CNC(=O)CCS. The van der Waals surface area contributed by atoms with E-state index in [0.717, 1.165) is 0 Å². The fourth-order valence-corrected chi connectivity index (χ4v) is 0.776. The highest BCUT2D eigenvalue weighted by molar-refractivity contribution is 7.80. The van der Waals surface area contributed by atoms with E-state index in [4.69, 9.17) is 0 Å². The zero-order valence-electron chi connectivity index (χ0n) is 7.00. The first-order chi connectivity index (χ1) is 5.70. The lowest BCUT2D eigenvalue weighted by molar-refractivity contribution is -0.143. The monoisotopic (exact) mass is 191 g/mol. The Morgan fingerprint density at radius 1 is 1.50 bits per heavy atom. The zero-order chi connectivity index (χ0) is 9.40. The van der Waals surface area contributed by atoms with Gasteiger partial charge in [-0.3, -0.25) is 9.59 Å². The van der Waals surface area contributed by atoms with Gasteiger partial charge in [-0.2, -0.15) is 12.6 Å². The first kappa shape index (κ1) is 11.3. The highest BCUT2D eigenvalue weighted by Crippen LogP contribution is 1.83. The highest BCUT2D eigenvalue weighted by atomic mass is 32.1. The predicted molar refractivity (Wildman–Crippen MR) is 48.1 cm³/mol. The van der Waals surface area contributed by atoms with Gasteiger partial charge < -0.3 is 10.1 Å². The molecule has 0 aromatic carbocycles. The fourth-order valence-electron chi connectivity index (χ4n) is 0.573. The maximum Gasteiger partial charge on any atom is 0.325 e. The zero-order valence-corrected chi connectivity index (χ0v) is 7.89. The van der Waals surface area contributed by atoms with Crippen molar-refractivity contribution in [2.45, 2.75) is 13.3 Å². The van der Waals surface area contributed by atoms with Crippen molar-refractivity contribution in [3.8, 4) is 0 Å². The van der Waals surface area contributed by atoms with Gasteiger partial charge in [0.2, 0.25) is 5.91 Å². The summed E-state index contributed by atoms with van der Waals surface area (Å²) in [4.78, 5) is 21.5. The number of ether oxygens (including phenoxy) is 1. The van der Waals surface area contributed by atoms with Gasteiger partial charge in [-0.25, -0.2) is 0 Å². The van der Waals surface area contributed by atoms with Crippen LogP contribution in [-0.2, 0) is 14.3 Å². The van der Waals surface area contributed by atoms with E-state index in [1.165, 1.54) is 0 Å². The second-order valence-electron chi connectivity index (χ2n) is 2.06. The first-order valence-corrected chi connectivity index (χ1v) is 4.37. The molecule has 0 rings (SSSR count). The van der Waals surface area contributed by atoms with Crippen LogP contribution in [0, 0.1) is 0 Å². The van der Waals surface area contributed by atoms with E-state index in [-0.39, 0.29) is 12.5 Å². The van der Waals surface area contributed by atoms with E-state index in [0.29, 0.717) is 18.8 Å². The van der Waals surface area contributed by atoms with Crippen LogP contribution in [0.3, 0.4) is 0 Å². The minimum atomic E-state index is -0.412. The number of amides is 1. The van der Waals surface area contributed by atoms with Gasteiger partial charge in [-0.1, -0.05) is 0 Å². The third-order valence-corrected chi connectivity index (χ3v) is 1.30. The molecule has 0 aromatic rings. The number of esters is 1. The van der Waals surface area contributed by atoms with Gasteiger partial charge in [-0.15, -0.1) is 0 Å². The summed E-state index contributed by atoms with van der Waals surface area (Å²) in [6.45, 7) is 2.00. The van der Waals surface area contributed by atoms with E-state index in [2.05, 4.69) is 22.7 Å². The minimum Gasteiger partial charge on any atom is -0.465 e. The van der Waals surface area contributed by atoms with Gasteiger partial charge >= 0.3 is 5.97 Å². The molecule has 0 aromatic heterocycles. The van der Waals surface area contributed by atoms with Crippen LogP contribution in [0.4, 0.5) is 0 Å². The molecule has 12 heavy (non-hydrogen) atoms. The van der Waals surface area contributed by atoms with Crippen molar-refractivity contribution >= 4 is 24.5 Å². The van der Waals surface area contributed by atoms with Gasteiger partial charge in [0.05, 0.1) is 6.61 Å². The van der Waals surface area contributed by atoms with Crippen molar-refractivity contribution in [1.29, 1.82) is 0 Å². The van der Waals surface area contributed by atoms with Crippen LogP contribution in [-0.4, -0.2) is 30.8 Å². The lowest BCUT2D eigenvalue weighted by atomic mass is 10.4. The van der Waals surface area contributed by atoms with Gasteiger partial charge in [-0.05, 0) is 12.7 Å². The molecule has 0 aliphatic carbocycles. The Balaban J connectivity index is 3.40. The number of rotatable bonds is 5. The van der Waals surface area contributed by atoms with Gasteiger partial charge in [0.25, 0.3) is 0 Å². The molecule has 70 valence electrons. The molecule has 4 nitrogen and oxygen atoms in total. The van der Waals surface area contributed by atoms with Crippen LogP contribution in [0.15, 0.2) is 0 Å². The number of hydrogen-bond donors (Lipinski definition) is 2. The summed E-state index contributed by atoms with van der Waals surface area (Å²) in [5.41, 5.74) is 0. The Labute approximate surface area is 77.1 Å². The average Bonchev–Trinajstić information content (AvgIpc) is 2.02. The molecule has 1 amide bonds. The normalized spacial score (nSPS) is 9.17. The van der Waals surface area contributed by atoms with Crippen LogP contribution in [0.25, 0.3) is 0 Å². The maximum absolute atomic E-state index is 10.8. The van der Waals surface area contributed by atoms with Gasteiger partial charge in [0.1, 0.15) is 6.54 Å². The molecule has 0 atom stereocenters. The van der Waals surface area contributed by atoms with E-state index >= 15 is 0 Å². The molecule has 0 heterocycles. The van der Waals surface area contributed by atoms with Crippen molar-refractivity contribution in [3.05, 3.63) is 0 Å². The second-order valence-corrected chi connectivity index (χ2v) is 2.50. The Morgan fingerprint density at radius 2 is 2.17 bits per heavy atom. The van der Waals surface area contributed by atoms with E-state index in [9.17, 15) is 9.59 Å². The maximum atomic E-state index is 10.8. The molecule has 0 aliphatic rings. The quantitative estimate of drug-likeness (QED) is 0.474. The average molecular weight is 191 g/mol. The lowest BCUT2D eigenvalue weighted by Gasteiger charge is -2.02. The standard InChI is InChI=1S/C7H13NO3S/c1-2-11-7(10)5-8-6(9)3-4-12/h12H,2-5H2,1H3,(H,8,9). The number of thiol groups is 1. The molecular weight excluding hydrogens is 178 g/mol. The molecule has 1 N–H and O–H groups in total. The topological polar surface area (TPSA) is 55.4 Å². The number of nitrogens with one attached hydrogen (secondary N) is 1. The van der Waals surface area contributed by atoms with E-state index < -0.39 is 5.97 Å². The van der Waals surface area contributed by atoms with Crippen molar-refractivity contribution < 1.29 is 14.3 Å². The molecule has 0 saturated carbocycles. The Morgan fingerprint density at radius 3 is 2.67 bits per heavy atom. The molecule has 0 saturated heterocycles. The third-order valence-electron chi connectivity index (χ3n) is 1.07. The summed E-state index contributed by atoms with van der Waals surface area (Å²) in [5.74, 6) is -0.114. The van der Waals surface area contributed by atoms with Crippen LogP contribution < -0.4 is 5.32 Å². The smallest absolute Gasteiger partial charge is 0.325 e. The Hall–Kier alpha value is -0.710. The summed E-state index contributed by atoms with van der Waals surface area (Å²) in [6, 6.07) is 0. The number of carbonyl (C=O) groups is 2. The summed E-state index contributed by atoms with van der Waals surface area (Å²) in [6.07, 6.45) is 0.322. The molecular formula is C7H13NO3S.